The van der Waals surface area contributed by atoms with Crippen LogP contribution in [0.15, 0.2) is 212 Å². The Labute approximate surface area is 340 Å². The molecule has 1 nitrogen and oxygen atoms in total. The van der Waals surface area contributed by atoms with Crippen molar-refractivity contribution >= 4 is 49.4 Å². The van der Waals surface area contributed by atoms with Gasteiger partial charge in [0.2, 0.25) is 0 Å². The van der Waals surface area contributed by atoms with Crippen molar-refractivity contribution < 1.29 is 0 Å². The van der Waals surface area contributed by atoms with E-state index in [0.717, 1.165) is 17.1 Å². The van der Waals surface area contributed by atoms with Crippen molar-refractivity contribution in [3.63, 3.8) is 0 Å². The molecule has 1 heteroatoms. The number of fused-ring (bicyclic) bond motifs is 9. The molecule has 0 aliphatic heterocycles. The first-order chi connectivity index (χ1) is 28.5. The van der Waals surface area contributed by atoms with Crippen molar-refractivity contribution in [2.45, 2.75) is 19.3 Å². The summed E-state index contributed by atoms with van der Waals surface area (Å²) < 4.78 is 0. The average Bonchev–Trinajstić information content (AvgIpc) is 3.52. The summed E-state index contributed by atoms with van der Waals surface area (Å²) in [6.45, 7) is 4.77. The Morgan fingerprint density at radius 2 is 0.638 bits per heavy atom. The zero-order valence-corrected chi connectivity index (χ0v) is 32.7. The summed E-state index contributed by atoms with van der Waals surface area (Å²) in [5.41, 5.74) is 15.9. The summed E-state index contributed by atoms with van der Waals surface area (Å²) in [5.74, 6) is 0. The van der Waals surface area contributed by atoms with Gasteiger partial charge in [0.15, 0.2) is 0 Å². The van der Waals surface area contributed by atoms with Crippen LogP contribution in [0.3, 0.4) is 0 Å². The van der Waals surface area contributed by atoms with Gasteiger partial charge in [-0.3, -0.25) is 0 Å². The Hall–Kier alpha value is -7.22. The van der Waals surface area contributed by atoms with Crippen LogP contribution in [0.4, 0.5) is 17.1 Å². The molecule has 10 aromatic carbocycles. The Bertz CT molecular complexity index is 3120. The van der Waals surface area contributed by atoms with Crippen LogP contribution in [0, 0.1) is 0 Å². The molecule has 274 valence electrons. The molecular weight excluding hydrogens is 699 g/mol. The molecule has 0 atom stereocenters. The van der Waals surface area contributed by atoms with Crippen molar-refractivity contribution in [2.24, 2.45) is 0 Å². The second kappa shape index (κ2) is 13.5. The molecule has 0 saturated heterocycles. The molecule has 0 heterocycles. The summed E-state index contributed by atoms with van der Waals surface area (Å²) in [5, 5.41) is 7.66. The van der Waals surface area contributed by atoms with E-state index >= 15 is 0 Å². The smallest absolute Gasteiger partial charge is 0.0468 e. The van der Waals surface area contributed by atoms with Crippen LogP contribution in [0.2, 0.25) is 0 Å². The van der Waals surface area contributed by atoms with E-state index in [2.05, 4.69) is 231 Å². The van der Waals surface area contributed by atoms with E-state index in [9.17, 15) is 0 Å². The highest BCUT2D eigenvalue weighted by Crippen LogP contribution is 2.52. The monoisotopic (exact) mass is 739 g/mol. The van der Waals surface area contributed by atoms with E-state index in [1.807, 2.05) is 0 Å². The fraction of sp³-hybridized carbons (Fsp3) is 0.0526. The van der Waals surface area contributed by atoms with Crippen LogP contribution < -0.4 is 4.90 Å². The molecule has 0 N–H and O–H groups in total. The first-order valence-corrected chi connectivity index (χ1v) is 20.3. The van der Waals surface area contributed by atoms with Gasteiger partial charge in [-0.25, -0.2) is 0 Å². The molecule has 1 aliphatic rings. The SMILES string of the molecule is CC1(C)c2cc(-c3ccc(-c4ccccc4)cc3)ccc2-c2ccc(N(c3ccc(-c4ccccc4)cc3)c3ccc4c5ccccc5c5ccccc5c4c3)cc21. The largest absolute Gasteiger partial charge is 0.310 e. The fourth-order valence-corrected chi connectivity index (χ4v) is 9.45. The molecule has 0 saturated carbocycles. The van der Waals surface area contributed by atoms with Crippen LogP contribution in [0.5, 0.6) is 0 Å². The maximum absolute atomic E-state index is 2.44. The van der Waals surface area contributed by atoms with Gasteiger partial charge >= 0.3 is 0 Å². The highest BCUT2D eigenvalue weighted by molar-refractivity contribution is 6.25. The third-order valence-corrected chi connectivity index (χ3v) is 12.5. The minimum absolute atomic E-state index is 0.192. The highest BCUT2D eigenvalue weighted by atomic mass is 15.1. The number of benzene rings is 10. The maximum Gasteiger partial charge on any atom is 0.0468 e. The maximum atomic E-state index is 2.44. The van der Waals surface area contributed by atoms with Gasteiger partial charge in [0, 0.05) is 22.5 Å². The van der Waals surface area contributed by atoms with Crippen molar-refractivity contribution in [1.29, 1.82) is 0 Å². The second-order valence-electron chi connectivity index (χ2n) is 16.1. The van der Waals surface area contributed by atoms with Crippen LogP contribution in [-0.2, 0) is 5.41 Å². The molecule has 0 amide bonds. The normalized spacial score (nSPS) is 12.8. The second-order valence-corrected chi connectivity index (χ2v) is 16.1. The minimum Gasteiger partial charge on any atom is -0.310 e. The topological polar surface area (TPSA) is 3.24 Å². The Kier molecular flexibility index (Phi) is 7.91. The average molecular weight is 740 g/mol. The summed E-state index contributed by atoms with van der Waals surface area (Å²) in [4.78, 5) is 2.44. The predicted octanol–water partition coefficient (Wildman–Crippen LogP) is 15.9. The molecule has 0 radical (unpaired) electrons. The standard InChI is InChI=1S/C57H41N/c1-57(2)55-35-43(42-23-21-40(22-24-42)38-13-5-3-6-14-38)27-32-52(55)53-34-31-46(37-56(53)57)58(44-28-25-41(26-29-44)39-15-7-4-8-16-39)45-30-33-51-49-19-10-9-17-47(49)48-18-11-12-20-50(48)54(51)36-45/h3-37H,1-2H3. The molecule has 1 aliphatic carbocycles. The lowest BCUT2D eigenvalue weighted by Crippen LogP contribution is -2.16. The van der Waals surface area contributed by atoms with Gasteiger partial charge in [-0.05, 0) is 130 Å². The number of rotatable bonds is 6. The zero-order valence-electron chi connectivity index (χ0n) is 32.7. The minimum atomic E-state index is -0.192. The lowest BCUT2D eigenvalue weighted by molar-refractivity contribution is 0.660. The van der Waals surface area contributed by atoms with Gasteiger partial charge in [-0.1, -0.05) is 184 Å². The van der Waals surface area contributed by atoms with Crippen LogP contribution in [-0.4, -0.2) is 0 Å². The molecule has 11 rings (SSSR count). The molecule has 58 heavy (non-hydrogen) atoms. The third-order valence-electron chi connectivity index (χ3n) is 12.5. The van der Waals surface area contributed by atoms with Crippen LogP contribution in [0.1, 0.15) is 25.0 Å². The summed E-state index contributed by atoms with van der Waals surface area (Å²) in [6, 6.07) is 78.1. The van der Waals surface area contributed by atoms with Gasteiger partial charge in [0.05, 0.1) is 0 Å². The van der Waals surface area contributed by atoms with E-state index in [-0.39, 0.29) is 5.41 Å². The number of hydrogen-bond acceptors (Lipinski definition) is 1. The molecule has 0 bridgehead atoms. The first kappa shape index (κ1) is 34.1. The molecular formula is C57H41N. The molecule has 10 aromatic rings. The van der Waals surface area contributed by atoms with Gasteiger partial charge in [-0.2, -0.15) is 0 Å². The molecule has 0 aromatic heterocycles. The first-order valence-electron chi connectivity index (χ1n) is 20.3. The Morgan fingerprint density at radius 3 is 1.21 bits per heavy atom. The number of nitrogens with zero attached hydrogens (tertiary/aromatic N) is 1. The number of anilines is 3. The predicted molar refractivity (Wildman–Crippen MR) is 248 cm³/mol. The number of hydrogen-bond donors (Lipinski definition) is 0. The third kappa shape index (κ3) is 5.54. The summed E-state index contributed by atoms with van der Waals surface area (Å²) in [7, 11) is 0. The highest BCUT2D eigenvalue weighted by Gasteiger charge is 2.36. The quantitative estimate of drug-likeness (QED) is 0.154. The Morgan fingerprint density at radius 1 is 0.276 bits per heavy atom. The van der Waals surface area contributed by atoms with Gasteiger partial charge in [-0.15, -0.1) is 0 Å². The summed E-state index contributed by atoms with van der Waals surface area (Å²) in [6.07, 6.45) is 0. The molecule has 0 spiro atoms. The van der Waals surface area contributed by atoms with Crippen molar-refractivity contribution in [2.75, 3.05) is 4.90 Å². The van der Waals surface area contributed by atoms with E-state index in [4.69, 9.17) is 0 Å². The molecule has 0 fully saturated rings. The van der Waals surface area contributed by atoms with Crippen molar-refractivity contribution in [1.82, 2.24) is 0 Å². The lowest BCUT2D eigenvalue weighted by Gasteiger charge is -2.29. The van der Waals surface area contributed by atoms with Crippen molar-refractivity contribution in [3.8, 4) is 44.5 Å². The molecule has 0 unspecified atom stereocenters. The lowest BCUT2D eigenvalue weighted by atomic mass is 9.81. The van der Waals surface area contributed by atoms with Crippen LogP contribution >= 0.6 is 0 Å². The van der Waals surface area contributed by atoms with E-state index in [1.54, 1.807) is 0 Å². The van der Waals surface area contributed by atoms with E-state index in [1.165, 1.54) is 88.0 Å². The fourth-order valence-electron chi connectivity index (χ4n) is 9.45. The Balaban J connectivity index is 1.03. The van der Waals surface area contributed by atoms with Gasteiger partial charge in [0.1, 0.15) is 0 Å². The zero-order chi connectivity index (χ0) is 38.8. The van der Waals surface area contributed by atoms with Gasteiger partial charge in [0.25, 0.3) is 0 Å². The summed E-state index contributed by atoms with van der Waals surface area (Å²) >= 11 is 0. The van der Waals surface area contributed by atoms with E-state index in [0.29, 0.717) is 0 Å². The van der Waals surface area contributed by atoms with E-state index < -0.39 is 0 Å². The van der Waals surface area contributed by atoms with Crippen LogP contribution in [0.25, 0.3) is 76.8 Å². The van der Waals surface area contributed by atoms with Gasteiger partial charge < -0.3 is 4.90 Å². The van der Waals surface area contributed by atoms with Crippen molar-refractivity contribution in [3.05, 3.63) is 223 Å².